The molecule has 0 unspecified atom stereocenters. The molecule has 42 heavy (non-hydrogen) atoms. The lowest BCUT2D eigenvalue weighted by molar-refractivity contribution is -0.134. The van der Waals surface area contributed by atoms with E-state index in [1.54, 1.807) is 44.5 Å². The first-order valence-corrected chi connectivity index (χ1v) is 15.3. The third kappa shape index (κ3) is 6.92. The fourth-order valence-electron chi connectivity index (χ4n) is 4.17. The molecule has 2 heterocycles. The van der Waals surface area contributed by atoms with E-state index >= 15 is 0 Å². The summed E-state index contributed by atoms with van der Waals surface area (Å²) in [5.41, 5.74) is 2.68. The van der Waals surface area contributed by atoms with Crippen LogP contribution in [-0.4, -0.2) is 71.8 Å². The van der Waals surface area contributed by atoms with Crippen molar-refractivity contribution in [2.75, 3.05) is 35.2 Å². The Bertz CT molecular complexity index is 1600. The van der Waals surface area contributed by atoms with Crippen molar-refractivity contribution in [2.45, 2.75) is 50.9 Å². The number of carbonyl (C=O) groups is 1. The Hall–Kier alpha value is -3.94. The van der Waals surface area contributed by atoms with Crippen LogP contribution < -0.4 is 20.3 Å². The summed E-state index contributed by atoms with van der Waals surface area (Å²) in [7, 11) is -3.57. The van der Waals surface area contributed by atoms with Gasteiger partial charge in [-0.05, 0) is 58.4 Å². The number of halogens is 1. The Kier molecular flexibility index (Phi) is 9.54. The number of aromatic nitrogens is 2. The first-order chi connectivity index (χ1) is 19.9. The van der Waals surface area contributed by atoms with Crippen LogP contribution >= 0.6 is 11.6 Å². The highest BCUT2D eigenvalue weighted by Crippen LogP contribution is 2.36. The van der Waals surface area contributed by atoms with E-state index < -0.39 is 27.6 Å². The fourth-order valence-corrected chi connectivity index (χ4v) is 5.51. The van der Waals surface area contributed by atoms with Gasteiger partial charge < -0.3 is 25.4 Å². The minimum Gasteiger partial charge on any atom is -0.489 e. The van der Waals surface area contributed by atoms with Gasteiger partial charge in [0.2, 0.25) is 5.95 Å². The number of anilines is 5. The molecule has 1 aliphatic rings. The van der Waals surface area contributed by atoms with Crippen LogP contribution in [0.4, 0.5) is 28.8 Å². The molecular weight excluding hydrogens is 582 g/mol. The summed E-state index contributed by atoms with van der Waals surface area (Å²) in [4.78, 5) is 22.6. The molecule has 0 saturated heterocycles. The summed E-state index contributed by atoms with van der Waals surface area (Å²) in [6.45, 7) is 9.21. The SMILES string of the molecule is Cc1cc(Nc2ncc(Cl)c(Nc3ccccc3S(=O)(=O)C(C)C)n2)c(OC(C)C)cc1N1C=NN(C(=O)CO)CC1. The van der Waals surface area contributed by atoms with Crippen molar-refractivity contribution in [3.8, 4) is 5.75 Å². The average molecular weight is 616 g/mol. The van der Waals surface area contributed by atoms with Crippen LogP contribution in [0.1, 0.15) is 33.3 Å². The second-order valence-corrected chi connectivity index (χ2v) is 13.0. The van der Waals surface area contributed by atoms with Crippen LogP contribution in [0.5, 0.6) is 5.75 Å². The fraction of sp³-hybridized carbons (Fsp3) is 0.357. The summed E-state index contributed by atoms with van der Waals surface area (Å²) in [6, 6.07) is 10.3. The highest BCUT2D eigenvalue weighted by molar-refractivity contribution is 7.92. The van der Waals surface area contributed by atoms with Crippen LogP contribution in [0.15, 0.2) is 52.6 Å². The summed E-state index contributed by atoms with van der Waals surface area (Å²) in [6.07, 6.45) is 2.83. The number of nitrogens with one attached hydrogen (secondary N) is 2. The number of nitrogens with zero attached hydrogens (tertiary/aromatic N) is 5. The number of carbonyl (C=O) groups excluding carboxylic acids is 1. The molecule has 0 atom stereocenters. The molecule has 0 radical (unpaired) electrons. The zero-order chi connectivity index (χ0) is 30.6. The summed E-state index contributed by atoms with van der Waals surface area (Å²) in [5.74, 6) is 0.512. The quantitative estimate of drug-likeness (QED) is 0.298. The number of rotatable bonds is 10. The highest BCUT2D eigenvalue weighted by atomic mass is 35.5. The molecule has 12 nitrogen and oxygen atoms in total. The number of sulfone groups is 1. The number of hydrazone groups is 1. The summed E-state index contributed by atoms with van der Waals surface area (Å²) < 4.78 is 32.0. The van der Waals surface area contributed by atoms with Gasteiger partial charge in [0.05, 0.1) is 40.4 Å². The van der Waals surface area contributed by atoms with E-state index in [1.807, 2.05) is 37.8 Å². The first kappa shape index (κ1) is 31.0. The smallest absolute Gasteiger partial charge is 0.268 e. The van der Waals surface area contributed by atoms with Gasteiger partial charge in [-0.15, -0.1) is 0 Å². The largest absolute Gasteiger partial charge is 0.489 e. The number of hydrogen-bond acceptors (Lipinski definition) is 11. The Morgan fingerprint density at radius 1 is 1.12 bits per heavy atom. The maximum absolute atomic E-state index is 12.9. The molecule has 0 saturated carbocycles. The summed E-state index contributed by atoms with van der Waals surface area (Å²) >= 11 is 6.40. The van der Waals surface area contributed by atoms with Crippen LogP contribution in [-0.2, 0) is 14.6 Å². The van der Waals surface area contributed by atoms with Gasteiger partial charge in [-0.1, -0.05) is 23.7 Å². The topological polar surface area (TPSA) is 149 Å². The van der Waals surface area contributed by atoms with E-state index in [9.17, 15) is 13.2 Å². The highest BCUT2D eigenvalue weighted by Gasteiger charge is 2.24. The number of para-hydroxylation sites is 1. The number of ether oxygens (including phenoxy) is 1. The van der Waals surface area contributed by atoms with E-state index in [2.05, 4.69) is 25.7 Å². The van der Waals surface area contributed by atoms with Gasteiger partial charge in [0.1, 0.15) is 23.7 Å². The maximum atomic E-state index is 12.9. The molecule has 224 valence electrons. The number of aliphatic hydroxyl groups excluding tert-OH is 1. The molecule has 0 spiro atoms. The average Bonchev–Trinajstić information content (AvgIpc) is 2.95. The van der Waals surface area contributed by atoms with Crippen molar-refractivity contribution < 1.29 is 23.1 Å². The van der Waals surface area contributed by atoms with Crippen molar-refractivity contribution in [1.82, 2.24) is 15.0 Å². The van der Waals surface area contributed by atoms with Crippen molar-refractivity contribution in [3.63, 3.8) is 0 Å². The van der Waals surface area contributed by atoms with Gasteiger partial charge >= 0.3 is 0 Å². The van der Waals surface area contributed by atoms with E-state index in [0.29, 0.717) is 30.2 Å². The molecule has 3 N–H and O–H groups in total. The first-order valence-electron chi connectivity index (χ1n) is 13.3. The third-order valence-corrected chi connectivity index (χ3v) is 8.82. The molecule has 2 aromatic carbocycles. The Labute approximate surface area is 250 Å². The predicted octanol–water partition coefficient (Wildman–Crippen LogP) is 4.48. The molecule has 0 fully saturated rings. The lowest BCUT2D eigenvalue weighted by Crippen LogP contribution is -2.41. The van der Waals surface area contributed by atoms with Crippen molar-refractivity contribution in [2.24, 2.45) is 5.10 Å². The molecule has 0 bridgehead atoms. The number of aliphatic hydroxyl groups is 1. The van der Waals surface area contributed by atoms with Crippen molar-refractivity contribution >= 4 is 62.5 Å². The number of benzene rings is 2. The van der Waals surface area contributed by atoms with Crippen LogP contribution in [0, 0.1) is 6.92 Å². The number of aryl methyl sites for hydroxylation is 1. The van der Waals surface area contributed by atoms with Crippen LogP contribution in [0.3, 0.4) is 0 Å². The number of amides is 1. The van der Waals surface area contributed by atoms with Crippen LogP contribution in [0.25, 0.3) is 0 Å². The maximum Gasteiger partial charge on any atom is 0.268 e. The molecule has 14 heteroatoms. The lowest BCUT2D eigenvalue weighted by atomic mass is 10.1. The lowest BCUT2D eigenvalue weighted by Gasteiger charge is -2.30. The Balaban J connectivity index is 1.64. The van der Waals surface area contributed by atoms with Crippen LogP contribution in [0.2, 0.25) is 5.02 Å². The Morgan fingerprint density at radius 2 is 1.86 bits per heavy atom. The minimum atomic E-state index is -3.57. The van der Waals surface area contributed by atoms with E-state index in [-0.39, 0.29) is 27.8 Å². The standard InChI is InChI=1S/C28H34ClN7O5S/c1-17(2)41-24-13-23(35-10-11-36(31-16-35)26(38)15-37)19(5)12-22(24)33-28-30-14-20(29)27(34-28)32-21-8-6-7-9-25(21)42(39,40)18(3)4/h6-9,12-14,16-18,37H,10-11,15H2,1-5H3,(H2,30,32,33,34). The van der Waals surface area contributed by atoms with E-state index in [4.69, 9.17) is 21.4 Å². The third-order valence-electron chi connectivity index (χ3n) is 6.33. The molecule has 1 aliphatic heterocycles. The summed E-state index contributed by atoms with van der Waals surface area (Å²) in [5, 5.41) is 20.3. The second-order valence-electron chi connectivity index (χ2n) is 10.1. The molecule has 3 aromatic rings. The molecule has 0 aliphatic carbocycles. The molecular formula is C28H34ClN7O5S. The van der Waals surface area contributed by atoms with Gasteiger partial charge in [0.15, 0.2) is 15.7 Å². The second kappa shape index (κ2) is 12.9. The Morgan fingerprint density at radius 3 is 2.50 bits per heavy atom. The van der Waals surface area contributed by atoms with Gasteiger partial charge in [0, 0.05) is 18.3 Å². The van der Waals surface area contributed by atoms with Crippen molar-refractivity contribution in [1.29, 1.82) is 0 Å². The predicted molar refractivity (Wildman–Crippen MR) is 164 cm³/mol. The number of hydrogen-bond donors (Lipinski definition) is 3. The van der Waals surface area contributed by atoms with Gasteiger partial charge in [-0.2, -0.15) is 10.1 Å². The van der Waals surface area contributed by atoms with E-state index in [0.717, 1.165) is 11.3 Å². The monoisotopic (exact) mass is 615 g/mol. The normalized spacial score (nSPS) is 13.5. The zero-order valence-electron chi connectivity index (χ0n) is 24.0. The minimum absolute atomic E-state index is 0.142. The van der Waals surface area contributed by atoms with E-state index in [1.165, 1.54) is 11.2 Å². The molecule has 1 aromatic heterocycles. The molecule has 1 amide bonds. The zero-order valence-corrected chi connectivity index (χ0v) is 25.6. The van der Waals surface area contributed by atoms with Gasteiger partial charge in [-0.3, -0.25) is 4.79 Å². The van der Waals surface area contributed by atoms with Gasteiger partial charge in [0.25, 0.3) is 5.91 Å². The van der Waals surface area contributed by atoms with Gasteiger partial charge in [-0.25, -0.2) is 18.4 Å². The molecule has 4 rings (SSSR count). The van der Waals surface area contributed by atoms with Crippen molar-refractivity contribution in [3.05, 3.63) is 53.2 Å².